The highest BCUT2D eigenvalue weighted by Gasteiger charge is 2.42. The summed E-state index contributed by atoms with van der Waals surface area (Å²) < 4.78 is 15.3. The van der Waals surface area contributed by atoms with E-state index < -0.39 is 41.3 Å². The fourth-order valence-electron chi connectivity index (χ4n) is 3.45. The van der Waals surface area contributed by atoms with E-state index in [0.29, 0.717) is 5.56 Å². The SMILES string of the molecule is CCOC(=O)C1=C(C)NC(C)=C(C(=O)OCC)C1C(=O)OCC(=O)Nc1cc([N+](=O)[O-])ccc1C. The molecule has 1 aromatic carbocycles. The molecule has 2 N–H and O–H groups in total. The fraction of sp³-hybridized carbons (Fsp3) is 0.391. The van der Waals surface area contributed by atoms with Crippen LogP contribution in [0, 0.1) is 23.0 Å². The first-order valence-electron chi connectivity index (χ1n) is 10.8. The predicted molar refractivity (Wildman–Crippen MR) is 123 cm³/mol. The van der Waals surface area contributed by atoms with Gasteiger partial charge in [0.1, 0.15) is 5.92 Å². The summed E-state index contributed by atoms with van der Waals surface area (Å²) in [6, 6.07) is 3.93. The summed E-state index contributed by atoms with van der Waals surface area (Å²) in [6.45, 7) is 7.18. The van der Waals surface area contributed by atoms with E-state index in [2.05, 4.69) is 10.6 Å². The minimum atomic E-state index is -1.48. The molecule has 2 rings (SSSR count). The second-order valence-corrected chi connectivity index (χ2v) is 7.49. The zero-order valence-electron chi connectivity index (χ0n) is 20.1. The number of amides is 1. The number of hydrogen-bond acceptors (Lipinski definition) is 10. The van der Waals surface area contributed by atoms with Crippen molar-refractivity contribution in [1.29, 1.82) is 0 Å². The Morgan fingerprint density at radius 1 is 0.971 bits per heavy atom. The predicted octanol–water partition coefficient (Wildman–Crippen LogP) is 2.28. The van der Waals surface area contributed by atoms with Crippen LogP contribution >= 0.6 is 0 Å². The number of hydrogen-bond donors (Lipinski definition) is 2. The maximum Gasteiger partial charge on any atom is 0.337 e. The zero-order chi connectivity index (χ0) is 26.3. The summed E-state index contributed by atoms with van der Waals surface area (Å²) in [7, 11) is 0. The number of allylic oxidation sites excluding steroid dienone is 2. The summed E-state index contributed by atoms with van der Waals surface area (Å²) in [6.07, 6.45) is 0. The van der Waals surface area contributed by atoms with Gasteiger partial charge in [-0.15, -0.1) is 0 Å². The third-order valence-corrected chi connectivity index (χ3v) is 5.04. The van der Waals surface area contributed by atoms with Gasteiger partial charge in [-0.1, -0.05) is 6.07 Å². The number of esters is 3. The first kappa shape index (κ1) is 27.0. The molecule has 0 aliphatic carbocycles. The number of carbonyl (C=O) groups excluding carboxylic acids is 4. The summed E-state index contributed by atoms with van der Waals surface area (Å²) in [5.41, 5.74) is 0.797. The molecule has 12 nitrogen and oxygen atoms in total. The van der Waals surface area contributed by atoms with E-state index in [1.54, 1.807) is 20.8 Å². The summed E-state index contributed by atoms with van der Waals surface area (Å²) >= 11 is 0. The molecule has 1 amide bonds. The van der Waals surface area contributed by atoms with Gasteiger partial charge in [-0.3, -0.25) is 19.7 Å². The maximum atomic E-state index is 13.1. The van der Waals surface area contributed by atoms with Crippen molar-refractivity contribution in [2.45, 2.75) is 34.6 Å². The first-order valence-corrected chi connectivity index (χ1v) is 10.8. The monoisotopic (exact) mass is 489 g/mol. The molecule has 1 heterocycles. The molecular formula is C23H27N3O9. The smallest absolute Gasteiger partial charge is 0.337 e. The second kappa shape index (κ2) is 11.8. The molecular weight excluding hydrogens is 462 g/mol. The summed E-state index contributed by atoms with van der Waals surface area (Å²) in [5.74, 6) is -4.95. The van der Waals surface area contributed by atoms with Crippen LogP contribution in [0.15, 0.2) is 40.7 Å². The highest BCUT2D eigenvalue weighted by molar-refractivity contribution is 6.06. The second-order valence-electron chi connectivity index (χ2n) is 7.49. The lowest BCUT2D eigenvalue weighted by molar-refractivity contribution is -0.384. The molecule has 0 spiro atoms. The molecule has 0 unspecified atom stereocenters. The highest BCUT2D eigenvalue weighted by atomic mass is 16.6. The molecule has 0 bridgehead atoms. The van der Waals surface area contributed by atoms with E-state index in [4.69, 9.17) is 14.2 Å². The van der Waals surface area contributed by atoms with Crippen molar-refractivity contribution >= 4 is 35.2 Å². The molecule has 1 aromatic rings. The number of benzene rings is 1. The number of nitrogens with zero attached hydrogens (tertiary/aromatic N) is 1. The quantitative estimate of drug-likeness (QED) is 0.228. The molecule has 0 fully saturated rings. The lowest BCUT2D eigenvalue weighted by Crippen LogP contribution is -2.39. The van der Waals surface area contributed by atoms with Crippen LogP contribution < -0.4 is 10.6 Å². The number of anilines is 1. The molecule has 188 valence electrons. The Hall–Kier alpha value is -4.22. The van der Waals surface area contributed by atoms with Crippen molar-refractivity contribution < 1.29 is 38.3 Å². The van der Waals surface area contributed by atoms with Crippen molar-refractivity contribution in [3.63, 3.8) is 0 Å². The van der Waals surface area contributed by atoms with Gasteiger partial charge in [0.05, 0.1) is 35.0 Å². The average molecular weight is 489 g/mol. The molecule has 35 heavy (non-hydrogen) atoms. The Kier molecular flexibility index (Phi) is 9.09. The maximum absolute atomic E-state index is 13.1. The van der Waals surface area contributed by atoms with Gasteiger partial charge >= 0.3 is 17.9 Å². The van der Waals surface area contributed by atoms with Crippen molar-refractivity contribution in [2.24, 2.45) is 5.92 Å². The van der Waals surface area contributed by atoms with Crippen molar-refractivity contribution in [2.75, 3.05) is 25.1 Å². The molecule has 1 aliphatic heterocycles. The zero-order valence-corrected chi connectivity index (χ0v) is 20.1. The van der Waals surface area contributed by atoms with Crippen LogP contribution in [0.1, 0.15) is 33.3 Å². The number of aryl methyl sites for hydroxylation is 1. The highest BCUT2D eigenvalue weighted by Crippen LogP contribution is 2.32. The molecule has 0 atom stereocenters. The number of ether oxygens (including phenoxy) is 3. The normalized spacial score (nSPS) is 13.6. The Labute approximate surface area is 201 Å². The van der Waals surface area contributed by atoms with E-state index >= 15 is 0 Å². The first-order chi connectivity index (χ1) is 16.5. The molecule has 12 heteroatoms. The Bertz CT molecular complexity index is 1080. The van der Waals surface area contributed by atoms with Gasteiger partial charge in [0, 0.05) is 23.5 Å². The van der Waals surface area contributed by atoms with Crippen LogP contribution in [0.4, 0.5) is 11.4 Å². The standard InChI is InChI=1S/C23H27N3O9/c1-6-33-21(28)18-13(4)24-14(5)19(22(29)34-7-2)20(18)23(30)35-11-17(27)25-16-10-15(26(31)32)9-8-12(16)3/h8-10,20,24H,6-7,11H2,1-5H3,(H,25,27). The van der Waals surface area contributed by atoms with E-state index in [9.17, 15) is 29.3 Å². The van der Waals surface area contributed by atoms with E-state index in [-0.39, 0.29) is 47.1 Å². The van der Waals surface area contributed by atoms with Crippen LogP contribution in [-0.4, -0.2) is 48.6 Å². The van der Waals surface area contributed by atoms with Crippen LogP contribution in [0.5, 0.6) is 0 Å². The number of nitrogens with one attached hydrogen (secondary N) is 2. The number of non-ortho nitro benzene ring substituents is 1. The molecule has 0 saturated carbocycles. The molecule has 0 aromatic heterocycles. The van der Waals surface area contributed by atoms with Crippen molar-refractivity contribution in [3.05, 3.63) is 56.4 Å². The molecule has 1 aliphatic rings. The van der Waals surface area contributed by atoms with E-state index in [0.717, 1.165) is 0 Å². The summed E-state index contributed by atoms with van der Waals surface area (Å²) in [4.78, 5) is 61.1. The van der Waals surface area contributed by atoms with Gasteiger partial charge in [0.25, 0.3) is 11.6 Å². The number of rotatable bonds is 9. The van der Waals surface area contributed by atoms with Gasteiger partial charge < -0.3 is 24.8 Å². The number of nitro groups is 1. The van der Waals surface area contributed by atoms with Crippen LogP contribution in [0.2, 0.25) is 0 Å². The van der Waals surface area contributed by atoms with Gasteiger partial charge in [0.2, 0.25) is 0 Å². The third-order valence-electron chi connectivity index (χ3n) is 5.04. The van der Waals surface area contributed by atoms with Crippen molar-refractivity contribution in [1.82, 2.24) is 5.32 Å². The topological polar surface area (TPSA) is 163 Å². The van der Waals surface area contributed by atoms with Gasteiger partial charge in [0.15, 0.2) is 6.61 Å². The third kappa shape index (κ3) is 6.43. The van der Waals surface area contributed by atoms with Crippen molar-refractivity contribution in [3.8, 4) is 0 Å². The lowest BCUT2D eigenvalue weighted by atomic mass is 9.85. The number of carbonyl (C=O) groups is 4. The minimum absolute atomic E-state index is 0.0276. The van der Waals surface area contributed by atoms with E-state index in [1.807, 2.05) is 0 Å². The number of dihydropyridines is 1. The Morgan fingerprint density at radius 2 is 1.51 bits per heavy atom. The van der Waals surface area contributed by atoms with Crippen LogP contribution in [0.3, 0.4) is 0 Å². The molecule has 0 saturated heterocycles. The van der Waals surface area contributed by atoms with Crippen LogP contribution in [-0.2, 0) is 33.4 Å². The summed E-state index contributed by atoms with van der Waals surface area (Å²) in [5, 5.41) is 16.3. The largest absolute Gasteiger partial charge is 0.463 e. The van der Waals surface area contributed by atoms with E-state index in [1.165, 1.54) is 32.0 Å². The molecule has 0 radical (unpaired) electrons. The Morgan fingerprint density at radius 3 is 2.00 bits per heavy atom. The number of nitro benzene ring substituents is 1. The van der Waals surface area contributed by atoms with Gasteiger partial charge in [-0.25, -0.2) is 9.59 Å². The lowest BCUT2D eigenvalue weighted by Gasteiger charge is -2.28. The van der Waals surface area contributed by atoms with Crippen LogP contribution in [0.25, 0.3) is 0 Å². The Balaban J connectivity index is 2.28. The minimum Gasteiger partial charge on any atom is -0.463 e. The fourth-order valence-corrected chi connectivity index (χ4v) is 3.45. The van der Waals surface area contributed by atoms with Gasteiger partial charge in [-0.2, -0.15) is 0 Å². The van der Waals surface area contributed by atoms with Gasteiger partial charge in [-0.05, 0) is 40.2 Å². The average Bonchev–Trinajstić information content (AvgIpc) is 2.78.